The summed E-state index contributed by atoms with van der Waals surface area (Å²) in [6, 6.07) is 15.2. The van der Waals surface area contributed by atoms with Crippen molar-refractivity contribution in [2.75, 3.05) is 26.6 Å². The summed E-state index contributed by atoms with van der Waals surface area (Å²) in [5.41, 5.74) is 6.96. The number of methoxy groups -OCH3 is 3. The molecule has 7 nitrogen and oxygen atoms in total. The van der Waals surface area contributed by atoms with Gasteiger partial charge in [-0.15, -0.1) is 0 Å². The van der Waals surface area contributed by atoms with Gasteiger partial charge in [0, 0.05) is 24.8 Å². The summed E-state index contributed by atoms with van der Waals surface area (Å²) in [5, 5.41) is 3.10. The van der Waals surface area contributed by atoms with Gasteiger partial charge in [0.15, 0.2) is 5.60 Å². The maximum Gasteiger partial charge on any atom is 0.244 e. The molecule has 184 valence electrons. The van der Waals surface area contributed by atoms with Gasteiger partial charge in [-0.05, 0) is 60.4 Å². The van der Waals surface area contributed by atoms with Gasteiger partial charge in [0.1, 0.15) is 11.5 Å². The van der Waals surface area contributed by atoms with Gasteiger partial charge >= 0.3 is 0 Å². The van der Waals surface area contributed by atoms with Crippen LogP contribution in [0.3, 0.4) is 0 Å². The third kappa shape index (κ3) is 4.44. The monoisotopic (exact) mass is 476 g/mol. The third-order valence-electron chi connectivity index (χ3n) is 7.30. The van der Waals surface area contributed by atoms with E-state index in [1.54, 1.807) is 33.5 Å². The van der Waals surface area contributed by atoms with Crippen LogP contribution in [0.5, 0.6) is 5.75 Å². The molecule has 1 fully saturated rings. The highest BCUT2D eigenvalue weighted by molar-refractivity contribution is 5.99. The van der Waals surface area contributed by atoms with Crippen molar-refractivity contribution in [3.05, 3.63) is 83.1 Å². The van der Waals surface area contributed by atoms with Crippen LogP contribution in [0.15, 0.2) is 72.0 Å². The SMILES string of the molecule is COC1=CC=C(C(N)=O)CC1(OC)c1ccc(C2(C(=O)Nc3ccc(OC)cc3)CCCC2)cc1. The van der Waals surface area contributed by atoms with Crippen LogP contribution < -0.4 is 15.8 Å². The molecule has 3 N–H and O–H groups in total. The summed E-state index contributed by atoms with van der Waals surface area (Å²) in [6.45, 7) is 0. The molecular weight excluding hydrogens is 444 g/mol. The molecular formula is C28H32N2O5. The van der Waals surface area contributed by atoms with Gasteiger partial charge in [-0.2, -0.15) is 0 Å². The highest BCUT2D eigenvalue weighted by Crippen LogP contribution is 2.45. The Labute approximate surface area is 205 Å². The lowest BCUT2D eigenvalue weighted by molar-refractivity contribution is -0.121. The number of hydrogen-bond donors (Lipinski definition) is 2. The fraction of sp³-hybridized carbons (Fsp3) is 0.357. The maximum absolute atomic E-state index is 13.6. The zero-order chi connectivity index (χ0) is 25.1. The van der Waals surface area contributed by atoms with Crippen LogP contribution in [-0.2, 0) is 30.1 Å². The van der Waals surface area contributed by atoms with Crippen molar-refractivity contribution in [1.82, 2.24) is 0 Å². The average molecular weight is 477 g/mol. The Morgan fingerprint density at radius 3 is 2.03 bits per heavy atom. The minimum absolute atomic E-state index is 0.0107. The largest absolute Gasteiger partial charge is 0.498 e. The topological polar surface area (TPSA) is 99.9 Å². The Morgan fingerprint density at radius 2 is 1.49 bits per heavy atom. The summed E-state index contributed by atoms with van der Waals surface area (Å²) < 4.78 is 16.8. The van der Waals surface area contributed by atoms with E-state index < -0.39 is 16.9 Å². The predicted molar refractivity (Wildman–Crippen MR) is 134 cm³/mol. The molecule has 2 amide bonds. The number of rotatable bonds is 8. The normalized spacial score (nSPS) is 21.0. The number of allylic oxidation sites excluding steroid dienone is 2. The summed E-state index contributed by atoms with van der Waals surface area (Å²) in [6.07, 6.45) is 7.20. The van der Waals surface area contributed by atoms with Crippen molar-refractivity contribution in [3.8, 4) is 5.75 Å². The molecule has 0 heterocycles. The molecule has 0 aliphatic heterocycles. The second kappa shape index (κ2) is 9.96. The van der Waals surface area contributed by atoms with Crippen LogP contribution in [0, 0.1) is 0 Å². The number of hydrogen-bond acceptors (Lipinski definition) is 5. The summed E-state index contributed by atoms with van der Waals surface area (Å²) >= 11 is 0. The number of amides is 2. The van der Waals surface area contributed by atoms with Gasteiger partial charge in [0.2, 0.25) is 11.8 Å². The highest BCUT2D eigenvalue weighted by atomic mass is 16.5. The van der Waals surface area contributed by atoms with E-state index in [1.165, 1.54) is 0 Å². The fourth-order valence-electron chi connectivity index (χ4n) is 5.27. The van der Waals surface area contributed by atoms with Crippen LogP contribution in [0.25, 0.3) is 0 Å². The fourth-order valence-corrected chi connectivity index (χ4v) is 5.27. The predicted octanol–water partition coefficient (Wildman–Crippen LogP) is 4.33. The minimum Gasteiger partial charge on any atom is -0.498 e. The first-order chi connectivity index (χ1) is 16.9. The van der Waals surface area contributed by atoms with Gasteiger partial charge in [0.05, 0.1) is 19.6 Å². The molecule has 0 bridgehead atoms. The Balaban J connectivity index is 1.64. The zero-order valence-corrected chi connectivity index (χ0v) is 20.4. The summed E-state index contributed by atoms with van der Waals surface area (Å²) in [7, 11) is 4.78. The molecule has 1 saturated carbocycles. The molecule has 7 heteroatoms. The van der Waals surface area contributed by atoms with Crippen molar-refractivity contribution >= 4 is 17.5 Å². The number of carbonyl (C=O) groups is 2. The van der Waals surface area contributed by atoms with Crippen LogP contribution in [0.2, 0.25) is 0 Å². The van der Waals surface area contributed by atoms with E-state index in [0.29, 0.717) is 11.3 Å². The number of carbonyl (C=O) groups excluding carboxylic acids is 2. The molecule has 1 atom stereocenters. The summed E-state index contributed by atoms with van der Waals surface area (Å²) in [5.74, 6) is 0.825. The van der Waals surface area contributed by atoms with Crippen molar-refractivity contribution in [2.24, 2.45) is 5.73 Å². The smallest absolute Gasteiger partial charge is 0.244 e. The summed E-state index contributed by atoms with van der Waals surface area (Å²) in [4.78, 5) is 25.5. The lowest BCUT2D eigenvalue weighted by Gasteiger charge is -2.37. The molecule has 2 aliphatic carbocycles. The number of nitrogens with one attached hydrogen (secondary N) is 1. The molecule has 1 unspecified atom stereocenters. The first-order valence-corrected chi connectivity index (χ1v) is 11.8. The molecule has 0 saturated heterocycles. The number of primary amides is 1. The highest BCUT2D eigenvalue weighted by Gasteiger charge is 2.45. The Kier molecular flexibility index (Phi) is 6.98. The lowest BCUT2D eigenvalue weighted by atomic mass is 9.76. The maximum atomic E-state index is 13.6. The molecule has 4 rings (SSSR count). The van der Waals surface area contributed by atoms with E-state index in [1.807, 2.05) is 48.5 Å². The molecule has 35 heavy (non-hydrogen) atoms. The molecule has 0 radical (unpaired) electrons. The number of anilines is 1. The Morgan fingerprint density at radius 1 is 0.857 bits per heavy atom. The minimum atomic E-state index is -0.972. The third-order valence-corrected chi connectivity index (χ3v) is 7.30. The Bertz CT molecular complexity index is 1140. The van der Waals surface area contributed by atoms with E-state index in [0.717, 1.165) is 48.2 Å². The van der Waals surface area contributed by atoms with Gasteiger partial charge in [-0.1, -0.05) is 37.1 Å². The van der Waals surface area contributed by atoms with E-state index in [9.17, 15) is 9.59 Å². The van der Waals surface area contributed by atoms with E-state index in [2.05, 4.69) is 5.32 Å². The number of ether oxygens (including phenoxy) is 3. The Hall–Kier alpha value is -3.58. The van der Waals surface area contributed by atoms with Crippen molar-refractivity contribution in [1.29, 1.82) is 0 Å². The average Bonchev–Trinajstić information content (AvgIpc) is 3.40. The second-order valence-corrected chi connectivity index (χ2v) is 9.05. The quantitative estimate of drug-likeness (QED) is 0.591. The van der Waals surface area contributed by atoms with Crippen molar-refractivity contribution < 1.29 is 23.8 Å². The first-order valence-electron chi connectivity index (χ1n) is 11.8. The van der Waals surface area contributed by atoms with E-state index >= 15 is 0 Å². The van der Waals surface area contributed by atoms with E-state index in [4.69, 9.17) is 19.9 Å². The van der Waals surface area contributed by atoms with Crippen molar-refractivity contribution in [2.45, 2.75) is 43.1 Å². The van der Waals surface area contributed by atoms with Crippen molar-refractivity contribution in [3.63, 3.8) is 0 Å². The zero-order valence-electron chi connectivity index (χ0n) is 20.4. The molecule has 2 aromatic rings. The van der Waals surface area contributed by atoms with E-state index in [-0.39, 0.29) is 12.3 Å². The van der Waals surface area contributed by atoms with Gasteiger partial charge in [-0.25, -0.2) is 0 Å². The second-order valence-electron chi connectivity index (χ2n) is 9.05. The standard InChI is InChI=1S/C28H32N2O5/c1-33-23-13-11-22(12-14-23)30-26(32)27(16-4-5-17-27)20-7-9-21(10-8-20)28(35-3)18-19(25(29)31)6-15-24(28)34-2/h6-15H,4-5,16-18H2,1-3H3,(H2,29,31)(H,30,32). The molecule has 2 aliphatic rings. The molecule has 0 aromatic heterocycles. The first kappa shape index (κ1) is 24.5. The molecule has 2 aromatic carbocycles. The van der Waals surface area contributed by atoms with Crippen LogP contribution >= 0.6 is 0 Å². The van der Waals surface area contributed by atoms with Gasteiger partial charge in [-0.3, -0.25) is 9.59 Å². The van der Waals surface area contributed by atoms with Gasteiger partial charge in [0.25, 0.3) is 0 Å². The van der Waals surface area contributed by atoms with Crippen LogP contribution in [-0.4, -0.2) is 33.1 Å². The number of nitrogens with two attached hydrogens (primary N) is 1. The molecule has 0 spiro atoms. The number of benzene rings is 2. The van der Waals surface area contributed by atoms with Gasteiger partial charge < -0.3 is 25.3 Å². The van der Waals surface area contributed by atoms with Crippen LogP contribution in [0.4, 0.5) is 5.69 Å². The lowest BCUT2D eigenvalue weighted by Crippen LogP contribution is -2.38. The van der Waals surface area contributed by atoms with Crippen LogP contribution in [0.1, 0.15) is 43.2 Å².